The fraction of sp³-hybridized carbons (Fsp3) is 0.286. The monoisotopic (exact) mass is 244 g/mol. The summed E-state index contributed by atoms with van der Waals surface area (Å²) >= 11 is 0. The molecule has 4 heteroatoms. The van der Waals surface area contributed by atoms with Crippen molar-refractivity contribution >= 4 is 5.91 Å². The van der Waals surface area contributed by atoms with Gasteiger partial charge in [0.15, 0.2) is 5.83 Å². The second-order valence-corrected chi connectivity index (χ2v) is 4.38. The smallest absolute Gasteiger partial charge is 0.281 e. The third-order valence-electron chi connectivity index (χ3n) is 3.19. The van der Waals surface area contributed by atoms with Gasteiger partial charge in [0.2, 0.25) is 0 Å². The molecule has 0 saturated carbocycles. The highest BCUT2D eigenvalue weighted by atomic mass is 19.1. The van der Waals surface area contributed by atoms with Gasteiger partial charge in [-0.1, -0.05) is 18.7 Å². The maximum Gasteiger partial charge on any atom is 0.281 e. The Morgan fingerprint density at radius 2 is 2.33 bits per heavy atom. The lowest BCUT2D eigenvalue weighted by molar-refractivity contribution is -0.127. The van der Waals surface area contributed by atoms with E-state index >= 15 is 0 Å². The minimum atomic E-state index is -0.915. The summed E-state index contributed by atoms with van der Waals surface area (Å²) in [6, 6.07) is 9.41. The fourth-order valence-corrected chi connectivity index (χ4v) is 2.25. The summed E-state index contributed by atoms with van der Waals surface area (Å²) in [5.41, 5.74) is 1.63. The lowest BCUT2D eigenvalue weighted by atomic mass is 9.97. The number of rotatable bonds is 2. The number of amides is 1. The lowest BCUT2D eigenvalue weighted by Gasteiger charge is -2.15. The Hall–Kier alpha value is -2.15. The number of halogens is 1. The zero-order valence-electron chi connectivity index (χ0n) is 9.90. The van der Waals surface area contributed by atoms with Crippen LogP contribution in [0.5, 0.6) is 0 Å². The molecule has 1 unspecified atom stereocenters. The first-order valence-corrected chi connectivity index (χ1v) is 5.75. The summed E-state index contributed by atoms with van der Waals surface area (Å²) in [6.45, 7) is 4.04. The molecule has 2 rings (SSSR count). The maximum absolute atomic E-state index is 12.8. The molecule has 1 fully saturated rings. The van der Waals surface area contributed by atoms with Gasteiger partial charge in [0, 0.05) is 19.0 Å². The van der Waals surface area contributed by atoms with Gasteiger partial charge in [-0.05, 0) is 24.1 Å². The van der Waals surface area contributed by atoms with Crippen LogP contribution in [0.1, 0.15) is 23.5 Å². The van der Waals surface area contributed by atoms with Gasteiger partial charge in [-0.2, -0.15) is 5.26 Å². The maximum atomic E-state index is 12.8. The van der Waals surface area contributed by atoms with Crippen molar-refractivity contribution in [3.05, 3.63) is 47.8 Å². The molecule has 0 N–H and O–H groups in total. The Balaban J connectivity index is 2.11. The van der Waals surface area contributed by atoms with Gasteiger partial charge in [-0.15, -0.1) is 0 Å². The van der Waals surface area contributed by atoms with Gasteiger partial charge in [-0.25, -0.2) is 4.39 Å². The largest absolute Gasteiger partial charge is 0.336 e. The van der Waals surface area contributed by atoms with E-state index < -0.39 is 11.7 Å². The van der Waals surface area contributed by atoms with Crippen molar-refractivity contribution in [2.75, 3.05) is 13.1 Å². The Labute approximate surface area is 105 Å². The molecule has 1 amide bonds. The van der Waals surface area contributed by atoms with E-state index in [1.165, 1.54) is 4.90 Å². The number of hydrogen-bond acceptors (Lipinski definition) is 2. The average molecular weight is 244 g/mol. The van der Waals surface area contributed by atoms with Crippen molar-refractivity contribution in [2.24, 2.45) is 0 Å². The minimum absolute atomic E-state index is 0.168. The summed E-state index contributed by atoms with van der Waals surface area (Å²) in [4.78, 5) is 12.9. The van der Waals surface area contributed by atoms with Gasteiger partial charge < -0.3 is 4.90 Å². The van der Waals surface area contributed by atoms with E-state index in [1.54, 1.807) is 6.07 Å². The van der Waals surface area contributed by atoms with Crippen LogP contribution >= 0.6 is 0 Å². The molecular formula is C14H13FN2O. The van der Waals surface area contributed by atoms with Crippen LogP contribution in [0.3, 0.4) is 0 Å². The van der Waals surface area contributed by atoms with Crippen LogP contribution in [0.2, 0.25) is 0 Å². The molecule has 3 nitrogen and oxygen atoms in total. The van der Waals surface area contributed by atoms with Crippen molar-refractivity contribution in [2.45, 2.75) is 12.3 Å². The Bertz CT molecular complexity index is 533. The zero-order valence-corrected chi connectivity index (χ0v) is 9.90. The van der Waals surface area contributed by atoms with E-state index in [-0.39, 0.29) is 5.92 Å². The quantitative estimate of drug-likeness (QED) is 0.749. The van der Waals surface area contributed by atoms with Gasteiger partial charge in [-0.3, -0.25) is 4.79 Å². The molecule has 1 heterocycles. The van der Waals surface area contributed by atoms with Gasteiger partial charge in [0.05, 0.1) is 11.6 Å². The summed E-state index contributed by atoms with van der Waals surface area (Å²) in [7, 11) is 0. The van der Waals surface area contributed by atoms with E-state index in [2.05, 4.69) is 12.6 Å². The zero-order chi connectivity index (χ0) is 13.1. The number of carbonyl (C=O) groups is 1. The SMILES string of the molecule is C=C(F)C(=O)N1CCC(c2cccc(C#N)c2)C1. The molecule has 0 aromatic heterocycles. The number of hydrogen-bond donors (Lipinski definition) is 0. The standard InChI is InChI=1S/C14H13FN2O/c1-10(15)14(18)17-6-5-13(9-17)12-4-2-3-11(7-12)8-16/h2-4,7,13H,1,5-6,9H2. The highest BCUT2D eigenvalue weighted by Gasteiger charge is 2.28. The van der Waals surface area contributed by atoms with Crippen LogP contribution in [0.4, 0.5) is 4.39 Å². The average Bonchev–Trinajstić information content (AvgIpc) is 2.87. The Morgan fingerprint density at radius 1 is 1.56 bits per heavy atom. The molecule has 1 aromatic carbocycles. The van der Waals surface area contributed by atoms with Gasteiger partial charge >= 0.3 is 0 Å². The summed E-state index contributed by atoms with van der Waals surface area (Å²) in [5.74, 6) is -1.38. The number of nitriles is 1. The van der Waals surface area contributed by atoms with Crippen molar-refractivity contribution in [1.29, 1.82) is 5.26 Å². The Kier molecular flexibility index (Phi) is 3.42. The van der Waals surface area contributed by atoms with E-state index in [0.717, 1.165) is 12.0 Å². The van der Waals surface area contributed by atoms with Crippen LogP contribution in [0.15, 0.2) is 36.7 Å². The number of likely N-dealkylation sites (tertiary alicyclic amines) is 1. The van der Waals surface area contributed by atoms with Crippen molar-refractivity contribution in [3.8, 4) is 6.07 Å². The first kappa shape index (κ1) is 12.3. The predicted molar refractivity (Wildman–Crippen MR) is 65.3 cm³/mol. The summed E-state index contributed by atoms with van der Waals surface area (Å²) in [6.07, 6.45) is 0.786. The Morgan fingerprint density at radius 3 is 3.00 bits per heavy atom. The highest BCUT2D eigenvalue weighted by Crippen LogP contribution is 2.28. The lowest BCUT2D eigenvalue weighted by Crippen LogP contribution is -2.28. The molecular weight excluding hydrogens is 231 g/mol. The van der Waals surface area contributed by atoms with Crippen LogP contribution in [-0.2, 0) is 4.79 Å². The predicted octanol–water partition coefficient (Wildman–Crippen LogP) is 2.36. The second-order valence-electron chi connectivity index (χ2n) is 4.38. The third-order valence-corrected chi connectivity index (χ3v) is 3.19. The number of carbonyl (C=O) groups excluding carboxylic acids is 1. The second kappa shape index (κ2) is 5.01. The molecule has 1 aliphatic rings. The van der Waals surface area contributed by atoms with E-state index in [0.29, 0.717) is 18.7 Å². The van der Waals surface area contributed by atoms with Crippen molar-refractivity contribution < 1.29 is 9.18 Å². The van der Waals surface area contributed by atoms with Crippen LogP contribution in [-0.4, -0.2) is 23.9 Å². The van der Waals surface area contributed by atoms with E-state index in [9.17, 15) is 9.18 Å². The summed E-state index contributed by atoms with van der Waals surface area (Å²) in [5, 5.41) is 8.84. The van der Waals surface area contributed by atoms with E-state index in [4.69, 9.17) is 5.26 Å². The van der Waals surface area contributed by atoms with Gasteiger partial charge in [0.1, 0.15) is 0 Å². The van der Waals surface area contributed by atoms with Crippen LogP contribution in [0, 0.1) is 11.3 Å². The highest BCUT2D eigenvalue weighted by molar-refractivity contribution is 5.90. The van der Waals surface area contributed by atoms with Crippen LogP contribution < -0.4 is 0 Å². The molecule has 1 saturated heterocycles. The molecule has 18 heavy (non-hydrogen) atoms. The molecule has 1 aromatic rings. The minimum Gasteiger partial charge on any atom is -0.336 e. The topological polar surface area (TPSA) is 44.1 Å². The van der Waals surface area contributed by atoms with Crippen molar-refractivity contribution in [1.82, 2.24) is 4.90 Å². The fourth-order valence-electron chi connectivity index (χ4n) is 2.25. The molecule has 92 valence electrons. The first-order chi connectivity index (χ1) is 8.61. The van der Waals surface area contributed by atoms with Crippen LogP contribution in [0.25, 0.3) is 0 Å². The molecule has 0 radical (unpaired) electrons. The van der Waals surface area contributed by atoms with Gasteiger partial charge in [0.25, 0.3) is 5.91 Å². The third kappa shape index (κ3) is 2.40. The molecule has 0 aliphatic carbocycles. The van der Waals surface area contributed by atoms with Crippen molar-refractivity contribution in [3.63, 3.8) is 0 Å². The summed E-state index contributed by atoms with van der Waals surface area (Å²) < 4.78 is 12.8. The van der Waals surface area contributed by atoms with E-state index in [1.807, 2.05) is 18.2 Å². The number of benzene rings is 1. The molecule has 1 aliphatic heterocycles. The number of nitrogens with zero attached hydrogens (tertiary/aromatic N) is 2. The normalized spacial score (nSPS) is 18.4. The molecule has 0 spiro atoms. The molecule has 0 bridgehead atoms. The first-order valence-electron chi connectivity index (χ1n) is 5.75. The molecule has 1 atom stereocenters.